The average Bonchev–Trinajstić information content (AvgIpc) is 3.14. The van der Waals surface area contributed by atoms with Gasteiger partial charge in [-0.2, -0.15) is 0 Å². The topological polar surface area (TPSA) is 118 Å². The summed E-state index contributed by atoms with van der Waals surface area (Å²) in [7, 11) is 1.53. The van der Waals surface area contributed by atoms with Gasteiger partial charge < -0.3 is 24.9 Å². The molecule has 0 unspecified atom stereocenters. The van der Waals surface area contributed by atoms with E-state index in [4.69, 9.17) is 14.3 Å². The van der Waals surface area contributed by atoms with Gasteiger partial charge >= 0.3 is 5.97 Å². The number of carbonyl (C=O) groups is 3. The van der Waals surface area contributed by atoms with E-state index in [-0.39, 0.29) is 23.8 Å². The van der Waals surface area contributed by atoms with Crippen LogP contribution in [0, 0.1) is 0 Å². The third-order valence-electron chi connectivity index (χ3n) is 3.50. The Hall–Kier alpha value is -2.78. The van der Waals surface area contributed by atoms with Crippen molar-refractivity contribution >= 4 is 29.5 Å². The van der Waals surface area contributed by atoms with E-state index >= 15 is 0 Å². The Balaban J connectivity index is 1.96. The van der Waals surface area contributed by atoms with Crippen LogP contribution in [0.4, 0.5) is 0 Å². The first kappa shape index (κ1) is 20.5. The summed E-state index contributed by atoms with van der Waals surface area (Å²) < 4.78 is 10.0. The van der Waals surface area contributed by atoms with Crippen molar-refractivity contribution in [2.24, 2.45) is 0 Å². The highest BCUT2D eigenvalue weighted by Gasteiger charge is 2.16. The molecule has 2 rings (SSSR count). The number of benzene rings is 1. The maximum absolute atomic E-state index is 12.4. The zero-order valence-electron chi connectivity index (χ0n) is 14.7. The number of aromatic carboxylic acids is 1. The van der Waals surface area contributed by atoms with Crippen molar-refractivity contribution in [2.75, 3.05) is 26.8 Å². The van der Waals surface area contributed by atoms with Crippen LogP contribution in [-0.2, 0) is 15.3 Å². The largest absolute Gasteiger partial charge is 0.478 e. The second-order valence-electron chi connectivity index (χ2n) is 5.37. The van der Waals surface area contributed by atoms with Gasteiger partial charge in [0.1, 0.15) is 11.3 Å². The molecule has 2 aromatic rings. The first-order chi connectivity index (χ1) is 13.0. The van der Waals surface area contributed by atoms with Crippen molar-refractivity contribution in [3.8, 4) is 0 Å². The molecule has 0 radical (unpaired) electrons. The predicted octanol–water partition coefficient (Wildman–Crippen LogP) is 1.76. The monoisotopic (exact) mass is 392 g/mol. The van der Waals surface area contributed by atoms with Crippen molar-refractivity contribution in [1.82, 2.24) is 10.6 Å². The molecule has 1 aromatic heterocycles. The van der Waals surface area contributed by atoms with Gasteiger partial charge in [-0.05, 0) is 18.2 Å². The summed E-state index contributed by atoms with van der Waals surface area (Å²) in [5, 5.41) is 14.3. The van der Waals surface area contributed by atoms with Crippen LogP contribution in [0.25, 0.3) is 0 Å². The number of thioether (sulfide) groups is 1. The molecule has 9 heteroatoms. The van der Waals surface area contributed by atoms with Crippen LogP contribution in [0.15, 0.2) is 45.9 Å². The number of carboxylic acid groups (broad SMARTS) is 1. The standard InChI is InChI=1S/C18H20N2O6S/c1-25-9-7-19-16(21)10-20-17(22)13-4-2-3-5-15(13)27-11-14-12(18(23)24)6-8-26-14/h2-6,8H,7,9-11H2,1H3,(H,19,21)(H,20,22)(H,23,24). The summed E-state index contributed by atoms with van der Waals surface area (Å²) in [4.78, 5) is 35.8. The number of carbonyl (C=O) groups excluding carboxylic acids is 2. The molecule has 144 valence electrons. The van der Waals surface area contributed by atoms with Crippen LogP contribution in [0.3, 0.4) is 0 Å². The predicted molar refractivity (Wildman–Crippen MR) is 98.9 cm³/mol. The van der Waals surface area contributed by atoms with Gasteiger partial charge in [0.25, 0.3) is 5.91 Å². The summed E-state index contributed by atoms with van der Waals surface area (Å²) >= 11 is 1.28. The van der Waals surface area contributed by atoms with Crippen LogP contribution in [-0.4, -0.2) is 49.7 Å². The van der Waals surface area contributed by atoms with Gasteiger partial charge in [0, 0.05) is 18.6 Å². The Bertz CT molecular complexity index is 805. The van der Waals surface area contributed by atoms with E-state index in [0.29, 0.717) is 29.4 Å². The summed E-state index contributed by atoms with van der Waals surface area (Å²) in [6.07, 6.45) is 1.32. The minimum Gasteiger partial charge on any atom is -0.478 e. The fraction of sp³-hybridized carbons (Fsp3) is 0.278. The molecule has 0 atom stereocenters. The van der Waals surface area contributed by atoms with Crippen molar-refractivity contribution in [1.29, 1.82) is 0 Å². The number of hydrogen-bond acceptors (Lipinski definition) is 6. The molecule has 0 aliphatic rings. The van der Waals surface area contributed by atoms with E-state index in [1.165, 1.54) is 31.2 Å². The molecular formula is C18H20N2O6S. The molecule has 2 amide bonds. The first-order valence-electron chi connectivity index (χ1n) is 8.08. The van der Waals surface area contributed by atoms with Gasteiger partial charge in [0.2, 0.25) is 5.91 Å². The Morgan fingerprint density at radius 2 is 1.93 bits per heavy atom. The molecule has 3 N–H and O–H groups in total. The van der Waals surface area contributed by atoms with Crippen LogP contribution in [0.2, 0.25) is 0 Å². The molecule has 0 aliphatic carbocycles. The highest BCUT2D eigenvalue weighted by Crippen LogP contribution is 2.28. The second-order valence-corrected chi connectivity index (χ2v) is 6.39. The van der Waals surface area contributed by atoms with E-state index in [2.05, 4.69) is 10.6 Å². The average molecular weight is 392 g/mol. The first-order valence-corrected chi connectivity index (χ1v) is 9.06. The lowest BCUT2D eigenvalue weighted by molar-refractivity contribution is -0.120. The van der Waals surface area contributed by atoms with Crippen molar-refractivity contribution in [3.63, 3.8) is 0 Å². The number of ether oxygens (including phenoxy) is 1. The highest BCUT2D eigenvalue weighted by molar-refractivity contribution is 7.98. The lowest BCUT2D eigenvalue weighted by atomic mass is 10.2. The van der Waals surface area contributed by atoms with Crippen LogP contribution in [0.1, 0.15) is 26.5 Å². The second kappa shape index (κ2) is 10.4. The highest BCUT2D eigenvalue weighted by atomic mass is 32.2. The third kappa shape index (κ3) is 6.15. The molecule has 27 heavy (non-hydrogen) atoms. The molecular weight excluding hydrogens is 372 g/mol. The van der Waals surface area contributed by atoms with E-state index < -0.39 is 11.9 Å². The molecule has 0 saturated heterocycles. The van der Waals surface area contributed by atoms with Gasteiger partial charge in [0.05, 0.1) is 30.7 Å². The summed E-state index contributed by atoms with van der Waals surface area (Å²) in [5.74, 6) is -1.19. The fourth-order valence-electron chi connectivity index (χ4n) is 2.18. The summed E-state index contributed by atoms with van der Waals surface area (Å²) in [5.41, 5.74) is 0.493. The minimum absolute atomic E-state index is 0.0946. The van der Waals surface area contributed by atoms with Crippen molar-refractivity contribution < 1.29 is 28.6 Å². The Labute approximate surface area is 160 Å². The molecule has 1 aromatic carbocycles. The summed E-state index contributed by atoms with van der Waals surface area (Å²) in [6, 6.07) is 8.27. The molecule has 0 spiro atoms. The molecule has 0 aliphatic heterocycles. The number of carboxylic acids is 1. The smallest absolute Gasteiger partial charge is 0.339 e. The number of amides is 2. The molecule has 0 saturated carbocycles. The number of methoxy groups -OCH3 is 1. The molecule has 1 heterocycles. The molecule has 8 nitrogen and oxygen atoms in total. The lowest BCUT2D eigenvalue weighted by Crippen LogP contribution is -2.38. The van der Waals surface area contributed by atoms with Gasteiger partial charge in [-0.15, -0.1) is 11.8 Å². The fourth-order valence-corrected chi connectivity index (χ4v) is 3.18. The maximum atomic E-state index is 12.4. The zero-order valence-corrected chi connectivity index (χ0v) is 15.5. The van der Waals surface area contributed by atoms with Gasteiger partial charge in [0.15, 0.2) is 0 Å². The van der Waals surface area contributed by atoms with Crippen molar-refractivity contribution in [3.05, 3.63) is 53.5 Å². The Kier molecular flexibility index (Phi) is 7.90. The van der Waals surface area contributed by atoms with E-state index in [1.807, 2.05) is 0 Å². The molecule has 0 bridgehead atoms. The number of furan rings is 1. The summed E-state index contributed by atoms with van der Waals surface area (Å²) in [6.45, 7) is 0.611. The number of nitrogens with one attached hydrogen (secondary N) is 2. The number of rotatable bonds is 10. The SMILES string of the molecule is COCCNC(=O)CNC(=O)c1ccccc1SCc1occc1C(=O)O. The van der Waals surface area contributed by atoms with E-state index in [0.717, 1.165) is 0 Å². The van der Waals surface area contributed by atoms with Crippen molar-refractivity contribution in [2.45, 2.75) is 10.6 Å². The number of hydrogen-bond donors (Lipinski definition) is 3. The van der Waals surface area contributed by atoms with Gasteiger partial charge in [-0.1, -0.05) is 12.1 Å². The van der Waals surface area contributed by atoms with Gasteiger partial charge in [-0.25, -0.2) is 4.79 Å². The minimum atomic E-state index is -1.06. The van der Waals surface area contributed by atoms with Crippen LogP contribution >= 0.6 is 11.8 Å². The quantitative estimate of drug-likeness (QED) is 0.416. The Morgan fingerprint density at radius 1 is 1.15 bits per heavy atom. The Morgan fingerprint density at radius 3 is 2.67 bits per heavy atom. The maximum Gasteiger partial charge on any atom is 0.339 e. The van der Waals surface area contributed by atoms with E-state index in [1.54, 1.807) is 24.3 Å². The van der Waals surface area contributed by atoms with Crippen LogP contribution in [0.5, 0.6) is 0 Å². The van der Waals surface area contributed by atoms with Crippen LogP contribution < -0.4 is 10.6 Å². The zero-order chi connectivity index (χ0) is 19.6. The normalized spacial score (nSPS) is 10.4. The van der Waals surface area contributed by atoms with E-state index in [9.17, 15) is 14.4 Å². The third-order valence-corrected chi connectivity index (χ3v) is 4.58. The molecule has 0 fully saturated rings. The van der Waals surface area contributed by atoms with Gasteiger partial charge in [-0.3, -0.25) is 9.59 Å². The lowest BCUT2D eigenvalue weighted by Gasteiger charge is -2.10.